The maximum Gasteiger partial charge on any atom is 0.239 e. The molecule has 4 nitrogen and oxygen atoms in total. The highest BCUT2D eigenvalue weighted by molar-refractivity contribution is 5.82. The first-order chi connectivity index (χ1) is 7.16. The summed E-state index contributed by atoms with van der Waals surface area (Å²) in [6.45, 7) is 4.51. The predicted octanol–water partition coefficient (Wildman–Crippen LogP) is -0.0323. The van der Waals surface area contributed by atoms with Crippen LogP contribution in [0.2, 0.25) is 0 Å². The smallest absolute Gasteiger partial charge is 0.239 e. The van der Waals surface area contributed by atoms with Crippen molar-refractivity contribution in [3.63, 3.8) is 0 Å². The summed E-state index contributed by atoms with van der Waals surface area (Å²) < 4.78 is 0. The molecule has 2 N–H and O–H groups in total. The van der Waals surface area contributed by atoms with Crippen LogP contribution in [0.4, 0.5) is 0 Å². The molecule has 0 aromatic heterocycles. The molecular weight excluding hydrogens is 192 g/mol. The minimum absolute atomic E-state index is 0.148. The van der Waals surface area contributed by atoms with Gasteiger partial charge in [0.05, 0.1) is 12.1 Å². The maximum atomic E-state index is 12.0. The van der Waals surface area contributed by atoms with Crippen molar-refractivity contribution in [3.05, 3.63) is 0 Å². The molecule has 2 rings (SSSR count). The fourth-order valence-corrected chi connectivity index (χ4v) is 2.52. The van der Waals surface area contributed by atoms with Crippen molar-refractivity contribution in [1.82, 2.24) is 10.2 Å². The molecule has 1 amide bonds. The summed E-state index contributed by atoms with van der Waals surface area (Å²) in [5.41, 5.74) is 0. The van der Waals surface area contributed by atoms with Crippen LogP contribution in [-0.4, -0.2) is 47.7 Å². The second-order valence-electron chi connectivity index (χ2n) is 4.88. The van der Waals surface area contributed by atoms with E-state index in [-0.39, 0.29) is 18.1 Å². The average Bonchev–Trinajstić information content (AvgIpc) is 2.64. The van der Waals surface area contributed by atoms with Crippen LogP contribution in [0.15, 0.2) is 0 Å². The van der Waals surface area contributed by atoms with Gasteiger partial charge in [-0.05, 0) is 25.2 Å². The first-order valence-corrected chi connectivity index (χ1v) is 5.87. The van der Waals surface area contributed by atoms with Crippen LogP contribution in [0.5, 0.6) is 0 Å². The van der Waals surface area contributed by atoms with Gasteiger partial charge in [0.25, 0.3) is 0 Å². The van der Waals surface area contributed by atoms with Gasteiger partial charge in [0.1, 0.15) is 0 Å². The quantitative estimate of drug-likeness (QED) is 0.641. The third-order valence-electron chi connectivity index (χ3n) is 3.37. The van der Waals surface area contributed by atoms with E-state index in [0.717, 1.165) is 19.5 Å². The van der Waals surface area contributed by atoms with E-state index in [2.05, 4.69) is 12.2 Å². The Morgan fingerprint density at radius 3 is 2.93 bits per heavy atom. The van der Waals surface area contributed by atoms with Gasteiger partial charge in [0.2, 0.25) is 5.91 Å². The number of aliphatic hydroxyl groups is 1. The SMILES string of the molecule is CC1CCCN(C(=O)C2CC(O)CN2)C1. The molecule has 3 unspecified atom stereocenters. The number of β-amino-alcohol motifs (C(OH)–C–C–N with tert-alkyl or cyclic N) is 1. The summed E-state index contributed by atoms with van der Waals surface area (Å²) in [5, 5.41) is 12.4. The molecule has 15 heavy (non-hydrogen) atoms. The Kier molecular flexibility index (Phi) is 3.26. The molecule has 4 heteroatoms. The van der Waals surface area contributed by atoms with Crippen molar-refractivity contribution in [2.45, 2.75) is 38.3 Å². The highest BCUT2D eigenvalue weighted by atomic mass is 16.3. The lowest BCUT2D eigenvalue weighted by Gasteiger charge is -2.32. The van der Waals surface area contributed by atoms with Crippen molar-refractivity contribution < 1.29 is 9.90 Å². The van der Waals surface area contributed by atoms with Crippen molar-refractivity contribution >= 4 is 5.91 Å². The molecule has 2 fully saturated rings. The van der Waals surface area contributed by atoms with Gasteiger partial charge in [-0.2, -0.15) is 0 Å². The number of aliphatic hydroxyl groups excluding tert-OH is 1. The monoisotopic (exact) mass is 212 g/mol. The topological polar surface area (TPSA) is 52.6 Å². The number of amides is 1. The van der Waals surface area contributed by atoms with Crippen LogP contribution in [0.3, 0.4) is 0 Å². The number of hydrogen-bond donors (Lipinski definition) is 2. The van der Waals surface area contributed by atoms with Crippen molar-refractivity contribution in [2.75, 3.05) is 19.6 Å². The van der Waals surface area contributed by atoms with Crippen LogP contribution >= 0.6 is 0 Å². The van der Waals surface area contributed by atoms with E-state index in [1.54, 1.807) is 0 Å². The zero-order valence-electron chi connectivity index (χ0n) is 9.28. The van der Waals surface area contributed by atoms with E-state index in [9.17, 15) is 9.90 Å². The molecule has 0 aromatic carbocycles. The number of hydrogen-bond acceptors (Lipinski definition) is 3. The van der Waals surface area contributed by atoms with Gasteiger partial charge in [0.15, 0.2) is 0 Å². The van der Waals surface area contributed by atoms with E-state index >= 15 is 0 Å². The molecule has 2 saturated heterocycles. The summed E-state index contributed by atoms with van der Waals surface area (Å²) >= 11 is 0. The van der Waals surface area contributed by atoms with E-state index in [1.807, 2.05) is 4.90 Å². The Labute approximate surface area is 90.6 Å². The summed E-state index contributed by atoms with van der Waals surface area (Å²) in [6.07, 6.45) is 2.57. The molecule has 0 aromatic rings. The van der Waals surface area contributed by atoms with E-state index in [4.69, 9.17) is 0 Å². The lowest BCUT2D eigenvalue weighted by atomic mass is 9.99. The number of carbonyl (C=O) groups excluding carboxylic acids is 1. The van der Waals surface area contributed by atoms with Crippen LogP contribution in [-0.2, 0) is 4.79 Å². The summed E-state index contributed by atoms with van der Waals surface area (Å²) in [6, 6.07) is -0.148. The van der Waals surface area contributed by atoms with Gasteiger partial charge in [-0.25, -0.2) is 0 Å². The third-order valence-corrected chi connectivity index (χ3v) is 3.37. The molecule has 0 saturated carbocycles. The maximum absolute atomic E-state index is 12.0. The standard InChI is InChI=1S/C11H20N2O2/c1-8-3-2-4-13(7-8)11(15)10-5-9(14)6-12-10/h8-10,12,14H,2-7H2,1H3. The highest BCUT2D eigenvalue weighted by Gasteiger charge is 2.32. The minimum atomic E-state index is -0.346. The van der Waals surface area contributed by atoms with Gasteiger partial charge in [-0.1, -0.05) is 6.92 Å². The third kappa shape index (κ3) is 2.49. The van der Waals surface area contributed by atoms with E-state index < -0.39 is 0 Å². The Morgan fingerprint density at radius 2 is 2.33 bits per heavy atom. The molecule has 0 aliphatic carbocycles. The lowest BCUT2D eigenvalue weighted by molar-refractivity contribution is -0.134. The number of piperidine rings is 1. The van der Waals surface area contributed by atoms with Gasteiger partial charge in [-0.15, -0.1) is 0 Å². The van der Waals surface area contributed by atoms with Crippen molar-refractivity contribution in [1.29, 1.82) is 0 Å². The number of carbonyl (C=O) groups is 1. The Morgan fingerprint density at radius 1 is 1.53 bits per heavy atom. The normalized spacial score (nSPS) is 36.9. The number of nitrogens with one attached hydrogen (secondary N) is 1. The molecule has 2 heterocycles. The average molecular weight is 212 g/mol. The molecule has 3 atom stereocenters. The highest BCUT2D eigenvalue weighted by Crippen LogP contribution is 2.18. The van der Waals surface area contributed by atoms with Crippen molar-refractivity contribution in [3.8, 4) is 0 Å². The van der Waals surface area contributed by atoms with Gasteiger partial charge in [0, 0.05) is 19.6 Å². The van der Waals surface area contributed by atoms with E-state index in [0.29, 0.717) is 18.9 Å². The van der Waals surface area contributed by atoms with Crippen LogP contribution in [0, 0.1) is 5.92 Å². The molecular formula is C11H20N2O2. The lowest BCUT2D eigenvalue weighted by Crippen LogP contribution is -2.47. The fraction of sp³-hybridized carbons (Fsp3) is 0.909. The molecule has 0 spiro atoms. The molecule has 0 radical (unpaired) electrons. The molecule has 2 aliphatic heterocycles. The summed E-state index contributed by atoms with van der Waals surface area (Å²) in [4.78, 5) is 14.0. The number of nitrogens with zero attached hydrogens (tertiary/aromatic N) is 1. The Bertz CT molecular complexity index is 245. The second-order valence-corrected chi connectivity index (χ2v) is 4.88. The second kappa shape index (κ2) is 4.49. The zero-order valence-corrected chi connectivity index (χ0v) is 9.28. The van der Waals surface area contributed by atoms with Gasteiger partial charge in [-0.3, -0.25) is 4.79 Å². The summed E-state index contributed by atoms with van der Waals surface area (Å²) in [7, 11) is 0. The van der Waals surface area contributed by atoms with Crippen LogP contribution in [0.25, 0.3) is 0 Å². The van der Waals surface area contributed by atoms with Gasteiger partial charge < -0.3 is 15.3 Å². The van der Waals surface area contributed by atoms with Crippen LogP contribution < -0.4 is 5.32 Å². The molecule has 86 valence electrons. The number of rotatable bonds is 1. The number of likely N-dealkylation sites (tertiary alicyclic amines) is 1. The predicted molar refractivity (Wildman–Crippen MR) is 57.4 cm³/mol. The zero-order chi connectivity index (χ0) is 10.8. The minimum Gasteiger partial charge on any atom is -0.392 e. The van der Waals surface area contributed by atoms with Crippen LogP contribution in [0.1, 0.15) is 26.2 Å². The largest absolute Gasteiger partial charge is 0.392 e. The van der Waals surface area contributed by atoms with E-state index in [1.165, 1.54) is 6.42 Å². The first kappa shape index (κ1) is 10.9. The summed E-state index contributed by atoms with van der Waals surface area (Å²) in [5.74, 6) is 0.798. The van der Waals surface area contributed by atoms with Gasteiger partial charge >= 0.3 is 0 Å². The fourth-order valence-electron chi connectivity index (χ4n) is 2.52. The Hall–Kier alpha value is -0.610. The Balaban J connectivity index is 1.89. The van der Waals surface area contributed by atoms with Crippen molar-refractivity contribution in [2.24, 2.45) is 5.92 Å². The molecule has 2 aliphatic rings. The first-order valence-electron chi connectivity index (χ1n) is 5.87. The molecule has 0 bridgehead atoms.